The van der Waals surface area contributed by atoms with E-state index < -0.39 is 0 Å². The highest BCUT2D eigenvalue weighted by molar-refractivity contribution is 7.58. The van der Waals surface area contributed by atoms with Gasteiger partial charge in [0.05, 0.1) is 0 Å². The summed E-state index contributed by atoms with van der Waals surface area (Å²) in [5, 5.41) is 0. The molecule has 0 N–H and O–H groups in total. The molecule has 0 fully saturated rings. The van der Waals surface area contributed by atoms with Gasteiger partial charge >= 0.3 is 0 Å². The van der Waals surface area contributed by atoms with Gasteiger partial charge in [-0.2, -0.15) is 0 Å². The van der Waals surface area contributed by atoms with Crippen molar-refractivity contribution in [3.8, 4) is 0 Å². The average Bonchev–Trinajstić information content (AvgIpc) is 1.82. The summed E-state index contributed by atoms with van der Waals surface area (Å²) < 4.78 is 0. The van der Waals surface area contributed by atoms with E-state index in [0.717, 1.165) is 0 Å². The third-order valence-corrected chi connectivity index (χ3v) is 2.47. The zero-order valence-electron chi connectivity index (χ0n) is 6.65. The smallest absolute Gasteiger partial charge is 0.0514 e. The first-order valence-corrected chi connectivity index (χ1v) is 3.90. The van der Waals surface area contributed by atoms with Crippen molar-refractivity contribution in [2.75, 3.05) is 0 Å². The highest BCUT2D eigenvalue weighted by Crippen LogP contribution is 2.14. The Labute approximate surface area is 67.7 Å². The maximum atomic E-state index is 3.56. The van der Waals surface area contributed by atoms with E-state index >= 15 is 0 Å². The molecule has 10 heavy (non-hydrogen) atoms. The van der Waals surface area contributed by atoms with Gasteiger partial charge in [-0.1, -0.05) is 17.7 Å². The molecule has 0 heterocycles. The summed E-state index contributed by atoms with van der Waals surface area (Å²) in [6, 6.07) is 4.35. The Morgan fingerprint density at radius 1 is 1.00 bits per heavy atom. The topological polar surface area (TPSA) is 0 Å². The summed E-state index contributed by atoms with van der Waals surface area (Å²) >= 11 is 3.56. The molecule has 0 saturated carbocycles. The Morgan fingerprint density at radius 3 is 1.80 bits per heavy atom. The third kappa shape index (κ3) is 1.35. The summed E-state index contributed by atoms with van der Waals surface area (Å²) in [4.78, 5) is 1.23. The fourth-order valence-corrected chi connectivity index (χ4v) is 1.32. The predicted molar refractivity (Wildman–Crippen MR) is 49.1 cm³/mol. The van der Waals surface area contributed by atoms with Crippen molar-refractivity contribution in [2.24, 2.45) is 0 Å². The van der Waals surface area contributed by atoms with Gasteiger partial charge in [0.2, 0.25) is 0 Å². The van der Waals surface area contributed by atoms with Crippen LogP contribution in [0.4, 0.5) is 0 Å². The first-order chi connectivity index (χ1) is 4.61. The van der Waals surface area contributed by atoms with E-state index in [9.17, 15) is 0 Å². The van der Waals surface area contributed by atoms with Crippen LogP contribution < -0.4 is 0 Å². The molecule has 0 radical (unpaired) electrons. The monoisotopic (exact) mass is 153 g/mol. The van der Waals surface area contributed by atoms with Crippen molar-refractivity contribution in [2.45, 2.75) is 25.7 Å². The maximum absolute atomic E-state index is 3.56. The molecule has 1 rings (SSSR count). The zero-order chi connectivity index (χ0) is 7.72. The van der Waals surface area contributed by atoms with Crippen LogP contribution in [0.25, 0.3) is 0 Å². The minimum absolute atomic E-state index is 1.23. The molecule has 0 saturated heterocycles. The zero-order valence-corrected chi connectivity index (χ0v) is 7.65. The average molecular weight is 153 g/mol. The first-order valence-electron chi connectivity index (χ1n) is 3.40. The number of hydrogen-bond donors (Lipinski definition) is 0. The molecule has 0 nitrogen and oxygen atoms in total. The summed E-state index contributed by atoms with van der Waals surface area (Å²) in [6.45, 7) is 6.34. The van der Waals surface area contributed by atoms with Crippen LogP contribution in [0.15, 0.2) is 17.0 Å². The van der Waals surface area contributed by atoms with Crippen molar-refractivity contribution in [1.82, 2.24) is 0 Å². The molecule has 1 aromatic carbocycles. The van der Waals surface area contributed by atoms with Gasteiger partial charge in [0.25, 0.3) is 0 Å². The summed E-state index contributed by atoms with van der Waals surface area (Å²) in [6.07, 6.45) is 0. The van der Waals surface area contributed by atoms with Crippen LogP contribution in [-0.4, -0.2) is 0 Å². The van der Waals surface area contributed by atoms with Gasteiger partial charge in [-0.15, -0.1) is 0 Å². The molecular weight excluding hydrogens is 140 g/mol. The molecule has 0 unspecified atom stereocenters. The van der Waals surface area contributed by atoms with E-state index in [-0.39, 0.29) is 0 Å². The second-order valence-corrected chi connectivity index (χ2v) is 3.27. The molecule has 0 bridgehead atoms. The molecule has 1 heteroatoms. The van der Waals surface area contributed by atoms with Crippen LogP contribution >= 0.6 is 0 Å². The van der Waals surface area contributed by atoms with Crippen LogP contribution in [0.5, 0.6) is 0 Å². The Bertz CT molecular complexity index is 228. The van der Waals surface area contributed by atoms with Gasteiger partial charge in [-0.05, 0) is 33.4 Å². The Morgan fingerprint density at radius 2 is 1.40 bits per heavy atom. The van der Waals surface area contributed by atoms with Crippen LogP contribution in [0, 0.1) is 20.8 Å². The fourth-order valence-electron chi connectivity index (χ4n) is 1.18. The quantitative estimate of drug-likeness (QED) is 0.500. The minimum atomic E-state index is 1.23. The number of benzene rings is 1. The molecule has 0 aromatic heterocycles. The molecule has 0 aliphatic rings. The maximum Gasteiger partial charge on any atom is 0.156 e. The van der Waals surface area contributed by atoms with Crippen molar-refractivity contribution >= 4 is 12.6 Å². The highest BCUT2D eigenvalue weighted by atomic mass is 32.1. The second-order valence-electron chi connectivity index (χ2n) is 2.77. The Hall–Kier alpha value is -0.430. The molecule has 0 atom stereocenters. The summed E-state index contributed by atoms with van der Waals surface area (Å²) in [5.41, 5.74) is 3.96. The second kappa shape index (κ2) is 2.67. The van der Waals surface area contributed by atoms with E-state index in [1.807, 2.05) is 0 Å². The molecule has 0 spiro atoms. The molecular formula is C9H13S+. The van der Waals surface area contributed by atoms with E-state index in [1.165, 1.54) is 21.6 Å². The standard InChI is InChI=1S/C9H12S/c1-6-4-7(2)9(10)8(3)5-6/h4-5,10H,1-3H3/p+1. The minimum Gasteiger partial charge on any atom is -0.0514 e. The SMILES string of the molecule is Cc1cc(C)c([SH2+])c(C)c1. The molecule has 0 aliphatic carbocycles. The third-order valence-electron chi connectivity index (χ3n) is 1.68. The number of hydrogen-bond acceptors (Lipinski definition) is 0. The van der Waals surface area contributed by atoms with E-state index in [0.29, 0.717) is 0 Å². The lowest BCUT2D eigenvalue weighted by molar-refractivity contribution is 1.19. The lowest BCUT2D eigenvalue weighted by Gasteiger charge is -1.99. The number of aryl methyl sites for hydroxylation is 3. The van der Waals surface area contributed by atoms with E-state index in [2.05, 4.69) is 45.5 Å². The molecule has 54 valence electrons. The van der Waals surface area contributed by atoms with Crippen molar-refractivity contribution in [3.63, 3.8) is 0 Å². The van der Waals surface area contributed by atoms with E-state index in [1.54, 1.807) is 0 Å². The van der Waals surface area contributed by atoms with Crippen LogP contribution in [0.3, 0.4) is 0 Å². The lowest BCUT2D eigenvalue weighted by Crippen LogP contribution is -1.86. The van der Waals surface area contributed by atoms with Gasteiger partial charge in [0.1, 0.15) is 0 Å². The van der Waals surface area contributed by atoms with Crippen molar-refractivity contribution in [1.29, 1.82) is 0 Å². The largest absolute Gasteiger partial charge is 0.156 e. The van der Waals surface area contributed by atoms with Crippen LogP contribution in [0.1, 0.15) is 16.7 Å². The van der Waals surface area contributed by atoms with Gasteiger partial charge in [0, 0.05) is 11.1 Å². The molecule has 0 aliphatic heterocycles. The Kier molecular flexibility index (Phi) is 2.05. The summed E-state index contributed by atoms with van der Waals surface area (Å²) in [7, 11) is 0. The normalized spacial score (nSPS) is 10.0. The van der Waals surface area contributed by atoms with E-state index in [4.69, 9.17) is 0 Å². The summed E-state index contributed by atoms with van der Waals surface area (Å²) in [5.74, 6) is 0. The van der Waals surface area contributed by atoms with Gasteiger partial charge < -0.3 is 0 Å². The first kappa shape index (κ1) is 7.67. The van der Waals surface area contributed by atoms with Crippen molar-refractivity contribution in [3.05, 3.63) is 28.8 Å². The van der Waals surface area contributed by atoms with Gasteiger partial charge in [-0.25, -0.2) is 0 Å². The van der Waals surface area contributed by atoms with Crippen LogP contribution in [-0.2, 0) is 12.6 Å². The predicted octanol–water partition coefficient (Wildman–Crippen LogP) is 1.98. The Balaban J connectivity index is 3.31. The lowest BCUT2D eigenvalue weighted by atomic mass is 10.1. The molecule has 1 aromatic rings. The molecule has 0 amide bonds. The van der Waals surface area contributed by atoms with Gasteiger partial charge in [0.15, 0.2) is 4.90 Å². The van der Waals surface area contributed by atoms with Crippen LogP contribution in [0.2, 0.25) is 0 Å². The van der Waals surface area contributed by atoms with Crippen molar-refractivity contribution < 1.29 is 0 Å². The van der Waals surface area contributed by atoms with Gasteiger partial charge in [-0.3, -0.25) is 0 Å². The number of rotatable bonds is 0. The fraction of sp³-hybridized carbons (Fsp3) is 0.333. The highest BCUT2D eigenvalue weighted by Gasteiger charge is 2.02.